The average molecular weight is 474 g/mol. The quantitative estimate of drug-likeness (QED) is 0.368. The van der Waals surface area contributed by atoms with Crippen molar-refractivity contribution in [3.8, 4) is 0 Å². The zero-order valence-electron chi connectivity index (χ0n) is 16.5. The van der Waals surface area contributed by atoms with E-state index in [9.17, 15) is 13.2 Å². The van der Waals surface area contributed by atoms with Crippen LogP contribution in [0.5, 0.6) is 0 Å². The largest absolute Gasteiger partial charge is 0.467 e. The number of hydrogen-bond acceptors (Lipinski definition) is 7. The molecule has 0 atom stereocenters. The van der Waals surface area contributed by atoms with Gasteiger partial charge in [-0.2, -0.15) is 0 Å². The second-order valence-electron chi connectivity index (χ2n) is 6.73. The summed E-state index contributed by atoms with van der Waals surface area (Å²) in [6, 6.07) is 15.4. The summed E-state index contributed by atoms with van der Waals surface area (Å²) in [6.45, 7) is 2.25. The van der Waals surface area contributed by atoms with E-state index >= 15 is 0 Å². The van der Waals surface area contributed by atoms with E-state index in [1.807, 2.05) is 6.92 Å². The van der Waals surface area contributed by atoms with E-state index < -0.39 is 10.0 Å². The fourth-order valence-electron chi connectivity index (χ4n) is 2.74. The number of thiazole rings is 1. The Kier molecular flexibility index (Phi) is 6.30. The Morgan fingerprint density at radius 3 is 2.71 bits per heavy atom. The van der Waals surface area contributed by atoms with Crippen molar-refractivity contribution in [2.45, 2.75) is 22.7 Å². The number of sulfonamides is 1. The molecule has 0 spiro atoms. The lowest BCUT2D eigenvalue weighted by Crippen LogP contribution is -2.24. The van der Waals surface area contributed by atoms with Gasteiger partial charge in [0.1, 0.15) is 5.76 Å². The first-order valence-electron chi connectivity index (χ1n) is 9.31. The summed E-state index contributed by atoms with van der Waals surface area (Å²) < 4.78 is 34.6. The molecule has 0 bridgehead atoms. The van der Waals surface area contributed by atoms with Crippen molar-refractivity contribution in [3.05, 3.63) is 72.2 Å². The van der Waals surface area contributed by atoms with Gasteiger partial charge in [-0.25, -0.2) is 13.4 Å². The van der Waals surface area contributed by atoms with E-state index in [-0.39, 0.29) is 16.6 Å². The highest BCUT2D eigenvalue weighted by atomic mass is 32.2. The Labute approximate surface area is 187 Å². The van der Waals surface area contributed by atoms with Crippen LogP contribution in [0.1, 0.15) is 11.3 Å². The maximum absolute atomic E-state index is 12.6. The molecule has 0 radical (unpaired) electrons. The highest BCUT2D eigenvalue weighted by Gasteiger charge is 2.15. The normalized spacial score (nSPS) is 11.5. The number of thioether (sulfide) groups is 1. The topological polar surface area (TPSA) is 101 Å². The van der Waals surface area contributed by atoms with Gasteiger partial charge >= 0.3 is 0 Å². The Bertz CT molecular complexity index is 1300. The highest BCUT2D eigenvalue weighted by Crippen LogP contribution is 2.31. The molecular weight excluding hydrogens is 454 g/mol. The van der Waals surface area contributed by atoms with Crippen LogP contribution in [0, 0.1) is 6.92 Å². The molecule has 0 aliphatic carbocycles. The van der Waals surface area contributed by atoms with Crippen molar-refractivity contribution in [1.82, 2.24) is 10.3 Å². The monoisotopic (exact) mass is 473 g/mol. The smallest absolute Gasteiger partial charge is 0.261 e. The molecule has 1 amide bonds. The Balaban J connectivity index is 1.39. The van der Waals surface area contributed by atoms with E-state index in [1.165, 1.54) is 23.1 Å². The molecule has 10 heteroatoms. The lowest BCUT2D eigenvalue weighted by molar-refractivity contribution is -0.118. The van der Waals surface area contributed by atoms with Gasteiger partial charge in [-0.3, -0.25) is 9.52 Å². The number of rotatable bonds is 8. The molecule has 0 unspecified atom stereocenters. The van der Waals surface area contributed by atoms with Gasteiger partial charge in [-0.05, 0) is 49.4 Å². The van der Waals surface area contributed by atoms with Crippen LogP contribution in [-0.2, 0) is 21.4 Å². The maximum Gasteiger partial charge on any atom is 0.261 e. The number of anilines is 1. The second-order valence-corrected chi connectivity index (χ2v) is 10.7. The molecule has 31 heavy (non-hydrogen) atoms. The number of amides is 1. The third kappa shape index (κ3) is 5.46. The Hall–Kier alpha value is -2.82. The molecule has 0 saturated heterocycles. The highest BCUT2D eigenvalue weighted by molar-refractivity contribution is 8.01. The molecule has 7 nitrogen and oxygen atoms in total. The van der Waals surface area contributed by atoms with Gasteiger partial charge in [-0.15, -0.1) is 11.3 Å². The minimum atomic E-state index is -3.67. The number of nitrogens with zero attached hydrogens (tertiary/aromatic N) is 1. The molecule has 2 aromatic heterocycles. The summed E-state index contributed by atoms with van der Waals surface area (Å²) >= 11 is 2.75. The first-order valence-corrected chi connectivity index (χ1v) is 12.6. The number of aryl methyl sites for hydroxylation is 1. The predicted octanol–water partition coefficient (Wildman–Crippen LogP) is 4.41. The summed E-state index contributed by atoms with van der Waals surface area (Å²) in [5, 5.41) is 2.79. The maximum atomic E-state index is 12.6. The molecule has 0 fully saturated rings. The molecule has 160 valence electrons. The van der Waals surface area contributed by atoms with E-state index in [0.717, 1.165) is 20.1 Å². The molecule has 4 aromatic rings. The van der Waals surface area contributed by atoms with Crippen LogP contribution in [0.4, 0.5) is 5.69 Å². The predicted molar refractivity (Wildman–Crippen MR) is 123 cm³/mol. The van der Waals surface area contributed by atoms with Crippen molar-refractivity contribution < 1.29 is 17.6 Å². The lowest BCUT2D eigenvalue weighted by Gasteiger charge is -2.08. The lowest BCUT2D eigenvalue weighted by atomic mass is 10.2. The standard InChI is InChI=1S/C21H19N3O4S3/c1-14-4-7-17(8-5-14)31(26,27)24-15-6-9-18-19(11-15)30-21(23-18)29-13-20(25)22-12-16-3-2-10-28-16/h2-11,24H,12-13H2,1H3,(H,22,25). The van der Waals surface area contributed by atoms with Gasteiger partial charge in [0.25, 0.3) is 10.0 Å². The minimum absolute atomic E-state index is 0.118. The number of fused-ring (bicyclic) bond motifs is 1. The van der Waals surface area contributed by atoms with Crippen molar-refractivity contribution in [2.24, 2.45) is 0 Å². The molecular formula is C21H19N3O4S3. The van der Waals surface area contributed by atoms with Crippen LogP contribution in [0.25, 0.3) is 10.2 Å². The number of benzene rings is 2. The Morgan fingerprint density at radius 2 is 1.97 bits per heavy atom. The van der Waals surface area contributed by atoms with Crippen molar-refractivity contribution in [1.29, 1.82) is 0 Å². The minimum Gasteiger partial charge on any atom is -0.467 e. The first kappa shape index (κ1) is 21.4. The van der Waals surface area contributed by atoms with Crippen LogP contribution in [0.3, 0.4) is 0 Å². The van der Waals surface area contributed by atoms with Gasteiger partial charge in [0.05, 0.1) is 39.4 Å². The van der Waals surface area contributed by atoms with E-state index in [4.69, 9.17) is 4.42 Å². The van der Waals surface area contributed by atoms with Crippen LogP contribution in [0.2, 0.25) is 0 Å². The Morgan fingerprint density at radius 1 is 1.16 bits per heavy atom. The summed E-state index contributed by atoms with van der Waals surface area (Å²) in [5.74, 6) is 0.805. The van der Waals surface area contributed by atoms with E-state index in [0.29, 0.717) is 18.0 Å². The number of nitrogens with one attached hydrogen (secondary N) is 2. The zero-order valence-corrected chi connectivity index (χ0v) is 18.9. The van der Waals surface area contributed by atoms with Gasteiger partial charge in [-0.1, -0.05) is 29.5 Å². The zero-order chi connectivity index (χ0) is 21.8. The van der Waals surface area contributed by atoms with Gasteiger partial charge in [0.15, 0.2) is 4.34 Å². The summed E-state index contributed by atoms with van der Waals surface area (Å²) in [6.07, 6.45) is 1.56. The van der Waals surface area contributed by atoms with Crippen LogP contribution >= 0.6 is 23.1 Å². The van der Waals surface area contributed by atoms with Crippen molar-refractivity contribution in [2.75, 3.05) is 10.5 Å². The number of aromatic nitrogens is 1. The number of hydrogen-bond donors (Lipinski definition) is 2. The molecule has 0 aliphatic heterocycles. The van der Waals surface area contributed by atoms with Gasteiger partial charge < -0.3 is 9.73 Å². The fourth-order valence-corrected chi connectivity index (χ4v) is 5.72. The van der Waals surface area contributed by atoms with Crippen molar-refractivity contribution >= 4 is 54.9 Å². The van der Waals surface area contributed by atoms with Crippen LogP contribution in [0.15, 0.2) is 74.5 Å². The van der Waals surface area contributed by atoms with Gasteiger partial charge in [0.2, 0.25) is 5.91 Å². The molecule has 2 N–H and O–H groups in total. The third-order valence-electron chi connectivity index (χ3n) is 4.32. The van der Waals surface area contributed by atoms with Crippen LogP contribution < -0.4 is 10.0 Å². The number of carbonyl (C=O) groups excluding carboxylic acids is 1. The number of carbonyl (C=O) groups is 1. The van der Waals surface area contributed by atoms with E-state index in [2.05, 4.69) is 15.0 Å². The molecule has 2 heterocycles. The first-order chi connectivity index (χ1) is 14.9. The van der Waals surface area contributed by atoms with Gasteiger partial charge in [0, 0.05) is 0 Å². The average Bonchev–Trinajstić information content (AvgIpc) is 3.40. The fraction of sp³-hybridized carbons (Fsp3) is 0.143. The second kappa shape index (κ2) is 9.13. The summed E-state index contributed by atoms with van der Waals surface area (Å²) in [4.78, 5) is 16.7. The molecule has 0 aliphatic rings. The summed E-state index contributed by atoms with van der Waals surface area (Å²) in [5.41, 5.74) is 2.20. The molecule has 0 saturated carbocycles. The SMILES string of the molecule is Cc1ccc(S(=O)(=O)Nc2ccc3nc(SCC(=O)NCc4ccco4)sc3c2)cc1. The third-order valence-corrected chi connectivity index (χ3v) is 7.88. The molecule has 2 aromatic carbocycles. The van der Waals surface area contributed by atoms with Crippen LogP contribution in [-0.4, -0.2) is 25.1 Å². The van der Waals surface area contributed by atoms with Crippen molar-refractivity contribution in [3.63, 3.8) is 0 Å². The van der Waals surface area contributed by atoms with E-state index in [1.54, 1.807) is 60.9 Å². The number of furan rings is 1. The summed E-state index contributed by atoms with van der Waals surface area (Å²) in [7, 11) is -3.67. The molecule has 4 rings (SSSR count).